The number of carbonyl (C=O) groups is 1. The van der Waals surface area contributed by atoms with Crippen LogP contribution in [0.25, 0.3) is 0 Å². The van der Waals surface area contributed by atoms with Gasteiger partial charge in [-0.25, -0.2) is 0 Å². The van der Waals surface area contributed by atoms with Gasteiger partial charge in [0.25, 0.3) is 0 Å². The second kappa shape index (κ2) is 45.5. The van der Waals surface area contributed by atoms with Crippen LogP contribution < -0.4 is 0 Å². The van der Waals surface area contributed by atoms with Crippen molar-refractivity contribution in [1.29, 1.82) is 0 Å². The van der Waals surface area contributed by atoms with E-state index in [1.165, 1.54) is 173 Å². The van der Waals surface area contributed by atoms with Crippen molar-refractivity contribution in [2.75, 3.05) is 19.8 Å². The van der Waals surface area contributed by atoms with Crippen molar-refractivity contribution in [2.45, 2.75) is 232 Å². The smallest absolute Gasteiger partial charge is 0.306 e. The van der Waals surface area contributed by atoms with Crippen LogP contribution >= 0.6 is 0 Å². The third-order valence-electron chi connectivity index (χ3n) is 9.88. The molecule has 0 aliphatic heterocycles. The molecule has 1 N–H and O–H groups in total. The molecular weight excluding hydrogens is 641 g/mol. The Morgan fingerprint density at radius 2 is 0.808 bits per heavy atom. The highest BCUT2D eigenvalue weighted by Gasteiger charge is 2.13. The lowest BCUT2D eigenvalue weighted by Crippen LogP contribution is -2.27. The number of hydrogen-bond acceptors (Lipinski definition) is 4. The molecule has 1 atom stereocenters. The Morgan fingerprint density at radius 3 is 1.23 bits per heavy atom. The molecule has 0 bridgehead atoms. The van der Waals surface area contributed by atoms with E-state index in [2.05, 4.69) is 62.5 Å². The highest BCUT2D eigenvalue weighted by molar-refractivity contribution is 5.69. The summed E-state index contributed by atoms with van der Waals surface area (Å²) < 4.78 is 11.2. The number of aliphatic hydroxyl groups is 1. The van der Waals surface area contributed by atoms with Gasteiger partial charge in [0, 0.05) is 13.0 Å². The normalized spacial score (nSPS) is 12.8. The van der Waals surface area contributed by atoms with Crippen molar-refractivity contribution in [3.05, 3.63) is 48.6 Å². The zero-order valence-electron chi connectivity index (χ0n) is 34.8. The van der Waals surface area contributed by atoms with Crippen molar-refractivity contribution >= 4 is 5.97 Å². The summed E-state index contributed by atoms with van der Waals surface area (Å²) in [6.07, 6.45) is 58.9. The molecule has 0 heterocycles. The predicted molar refractivity (Wildman–Crippen MR) is 228 cm³/mol. The maximum absolute atomic E-state index is 12.2. The molecule has 1 unspecified atom stereocenters. The molecule has 0 saturated carbocycles. The third kappa shape index (κ3) is 42.8. The van der Waals surface area contributed by atoms with Gasteiger partial charge in [-0.2, -0.15) is 0 Å². The van der Waals surface area contributed by atoms with Crippen LogP contribution in [-0.2, 0) is 14.3 Å². The molecule has 0 aliphatic rings. The number of rotatable bonds is 42. The van der Waals surface area contributed by atoms with Gasteiger partial charge in [0.1, 0.15) is 6.10 Å². The van der Waals surface area contributed by atoms with E-state index < -0.39 is 6.10 Å². The van der Waals surface area contributed by atoms with Crippen molar-refractivity contribution in [3.8, 4) is 0 Å². The van der Waals surface area contributed by atoms with E-state index in [-0.39, 0.29) is 19.2 Å². The number of aliphatic hydroxyl groups excluding tert-OH is 1. The fraction of sp³-hybridized carbons (Fsp3) is 0.812. The van der Waals surface area contributed by atoms with Gasteiger partial charge in [-0.3, -0.25) is 4.79 Å². The van der Waals surface area contributed by atoms with Crippen molar-refractivity contribution < 1.29 is 19.4 Å². The lowest BCUT2D eigenvalue weighted by molar-refractivity contribution is -0.154. The van der Waals surface area contributed by atoms with Crippen molar-refractivity contribution in [2.24, 2.45) is 0 Å². The summed E-state index contributed by atoms with van der Waals surface area (Å²) in [6.45, 7) is 5.33. The largest absolute Gasteiger partial charge is 0.457 e. The van der Waals surface area contributed by atoms with E-state index in [1.807, 2.05) is 0 Å². The van der Waals surface area contributed by atoms with Gasteiger partial charge in [0.15, 0.2) is 0 Å². The molecule has 0 aromatic carbocycles. The fourth-order valence-corrected chi connectivity index (χ4v) is 6.45. The molecule has 0 radical (unpaired) electrons. The molecule has 4 nitrogen and oxygen atoms in total. The van der Waals surface area contributed by atoms with Crippen LogP contribution in [0.15, 0.2) is 48.6 Å². The Labute approximate surface area is 324 Å². The van der Waals surface area contributed by atoms with E-state index in [4.69, 9.17) is 9.47 Å². The first-order valence-corrected chi connectivity index (χ1v) is 22.7. The molecule has 0 aliphatic carbocycles. The van der Waals surface area contributed by atoms with Crippen LogP contribution in [0.2, 0.25) is 0 Å². The summed E-state index contributed by atoms with van der Waals surface area (Å²) in [7, 11) is 0. The molecule has 0 amide bonds. The molecule has 0 rings (SSSR count). The summed E-state index contributed by atoms with van der Waals surface area (Å²) in [5.74, 6) is -0.209. The molecule has 304 valence electrons. The summed E-state index contributed by atoms with van der Waals surface area (Å²) in [4.78, 5) is 12.2. The van der Waals surface area contributed by atoms with E-state index in [0.717, 1.165) is 32.1 Å². The number of ether oxygens (including phenoxy) is 2. The van der Waals surface area contributed by atoms with Crippen LogP contribution in [0.5, 0.6) is 0 Å². The molecular formula is C48H88O4. The van der Waals surface area contributed by atoms with Gasteiger partial charge in [0.05, 0.1) is 13.2 Å². The number of carbonyl (C=O) groups excluding carboxylic acids is 1. The van der Waals surface area contributed by atoms with Crippen LogP contribution in [0.3, 0.4) is 0 Å². The van der Waals surface area contributed by atoms with E-state index >= 15 is 0 Å². The lowest BCUT2D eigenvalue weighted by Gasteiger charge is -2.15. The van der Waals surface area contributed by atoms with Crippen LogP contribution in [0, 0.1) is 0 Å². The Bertz CT molecular complexity index is 813. The topological polar surface area (TPSA) is 55.8 Å². The van der Waals surface area contributed by atoms with Gasteiger partial charge < -0.3 is 14.6 Å². The first-order valence-electron chi connectivity index (χ1n) is 22.7. The Hall–Kier alpha value is -1.65. The highest BCUT2D eigenvalue weighted by atomic mass is 16.6. The van der Waals surface area contributed by atoms with E-state index in [1.54, 1.807) is 0 Å². The molecule has 0 saturated heterocycles. The molecule has 0 spiro atoms. The third-order valence-corrected chi connectivity index (χ3v) is 9.88. The highest BCUT2D eigenvalue weighted by Crippen LogP contribution is 2.13. The van der Waals surface area contributed by atoms with Gasteiger partial charge in [-0.15, -0.1) is 0 Å². The SMILES string of the molecule is CCCCCCC/C=C\C/C=C\C/C=C\CCCCCCCCCCC(=O)OC(CO)COCCCCCCCC/C=C\CCCCCCCCC. The van der Waals surface area contributed by atoms with Crippen LogP contribution in [0.4, 0.5) is 0 Å². The predicted octanol–water partition coefficient (Wildman–Crippen LogP) is 15.0. The Kier molecular flexibility index (Phi) is 44.1. The quantitative estimate of drug-likeness (QED) is 0.0386. The number of esters is 1. The minimum absolute atomic E-state index is 0.177. The van der Waals surface area contributed by atoms with Gasteiger partial charge >= 0.3 is 5.97 Å². The maximum atomic E-state index is 12.2. The Morgan fingerprint density at radius 1 is 0.462 bits per heavy atom. The summed E-state index contributed by atoms with van der Waals surface area (Å²) in [5, 5.41) is 9.61. The first kappa shape index (κ1) is 50.4. The number of hydrogen-bond donors (Lipinski definition) is 1. The molecule has 52 heavy (non-hydrogen) atoms. The van der Waals surface area contributed by atoms with E-state index in [9.17, 15) is 9.90 Å². The van der Waals surface area contributed by atoms with Crippen LogP contribution in [0.1, 0.15) is 226 Å². The van der Waals surface area contributed by atoms with Gasteiger partial charge in [-0.05, 0) is 77.0 Å². The van der Waals surface area contributed by atoms with Crippen LogP contribution in [-0.4, -0.2) is 37.0 Å². The molecule has 0 fully saturated rings. The second-order valence-corrected chi connectivity index (χ2v) is 15.1. The standard InChI is InChI=1S/C48H88O4/c1-3-5-7-9-11-13-15-17-19-21-22-23-24-25-26-27-29-31-33-35-37-39-41-43-48(50)52-47(45-49)46-51-44-42-40-38-36-34-32-30-28-20-18-16-14-12-10-8-6-4-2/h15,17,20-22,24-25,28,47,49H,3-14,16,18-19,23,26-27,29-46H2,1-2H3/b17-15-,22-21-,25-24-,28-20-. The van der Waals surface area contributed by atoms with Crippen molar-refractivity contribution in [3.63, 3.8) is 0 Å². The molecule has 0 aromatic rings. The molecule has 4 heteroatoms. The summed E-state index contributed by atoms with van der Waals surface area (Å²) >= 11 is 0. The van der Waals surface area contributed by atoms with Crippen molar-refractivity contribution in [1.82, 2.24) is 0 Å². The maximum Gasteiger partial charge on any atom is 0.306 e. The zero-order valence-corrected chi connectivity index (χ0v) is 34.8. The Balaban J connectivity index is 3.46. The van der Waals surface area contributed by atoms with Gasteiger partial charge in [0.2, 0.25) is 0 Å². The zero-order chi connectivity index (χ0) is 37.7. The number of unbranched alkanes of at least 4 members (excludes halogenated alkanes) is 26. The first-order chi connectivity index (χ1) is 25.7. The minimum atomic E-state index is -0.542. The summed E-state index contributed by atoms with van der Waals surface area (Å²) in [5.41, 5.74) is 0. The lowest BCUT2D eigenvalue weighted by atomic mass is 10.1. The second-order valence-electron chi connectivity index (χ2n) is 15.1. The fourth-order valence-electron chi connectivity index (χ4n) is 6.45. The molecule has 0 aromatic heterocycles. The van der Waals surface area contributed by atoms with Gasteiger partial charge in [-0.1, -0.05) is 191 Å². The average molecular weight is 729 g/mol. The van der Waals surface area contributed by atoms with E-state index in [0.29, 0.717) is 13.0 Å². The minimum Gasteiger partial charge on any atom is -0.457 e. The number of allylic oxidation sites excluding steroid dienone is 8. The summed E-state index contributed by atoms with van der Waals surface area (Å²) in [6, 6.07) is 0. The average Bonchev–Trinajstić information content (AvgIpc) is 3.15. The monoisotopic (exact) mass is 729 g/mol.